The van der Waals surface area contributed by atoms with Crippen LogP contribution in [0.3, 0.4) is 0 Å². The molecule has 4 heteroatoms. The van der Waals surface area contributed by atoms with Crippen LogP contribution in [0, 0.1) is 3.57 Å². The molecule has 0 amide bonds. The number of aromatic nitrogens is 2. The summed E-state index contributed by atoms with van der Waals surface area (Å²) in [4.78, 5) is 8.59. The van der Waals surface area contributed by atoms with Gasteiger partial charge in [-0.2, -0.15) is 0 Å². The van der Waals surface area contributed by atoms with Gasteiger partial charge in [-0.15, -0.1) is 0 Å². The van der Waals surface area contributed by atoms with Crippen LogP contribution in [0.1, 0.15) is 25.6 Å². The first-order chi connectivity index (χ1) is 5.65. The van der Waals surface area contributed by atoms with Crippen LogP contribution < -0.4 is 5.32 Å². The molecule has 0 atom stereocenters. The van der Waals surface area contributed by atoms with E-state index in [-0.39, 0.29) is 0 Å². The maximum absolute atomic E-state index is 4.36. The Morgan fingerprint density at radius 3 is 2.67 bits per heavy atom. The number of nitrogens with zero attached hydrogens (tertiary/aromatic N) is 2. The monoisotopic (exact) mass is 277 g/mol. The molecule has 1 aromatic rings. The van der Waals surface area contributed by atoms with E-state index in [0.29, 0.717) is 5.92 Å². The third kappa shape index (κ3) is 2.06. The highest BCUT2D eigenvalue weighted by atomic mass is 127. The molecule has 0 saturated heterocycles. The molecular weight excluding hydrogens is 265 g/mol. The Morgan fingerprint density at radius 1 is 1.50 bits per heavy atom. The fourth-order valence-corrected chi connectivity index (χ4v) is 1.36. The molecule has 0 aliphatic carbocycles. The average molecular weight is 277 g/mol. The van der Waals surface area contributed by atoms with Gasteiger partial charge in [0.25, 0.3) is 0 Å². The molecule has 0 bridgehead atoms. The van der Waals surface area contributed by atoms with E-state index in [2.05, 4.69) is 51.7 Å². The van der Waals surface area contributed by atoms with Crippen LogP contribution in [-0.4, -0.2) is 17.0 Å². The Labute approximate surface area is 86.1 Å². The lowest BCUT2D eigenvalue weighted by Crippen LogP contribution is -2.03. The Balaban J connectivity index is 3.05. The van der Waals surface area contributed by atoms with Gasteiger partial charge in [0, 0.05) is 19.2 Å². The quantitative estimate of drug-likeness (QED) is 0.842. The van der Waals surface area contributed by atoms with Gasteiger partial charge >= 0.3 is 0 Å². The Hall–Kier alpha value is -0.390. The molecule has 0 unspecified atom stereocenters. The molecule has 0 radical (unpaired) electrons. The molecule has 0 aliphatic heterocycles. The second kappa shape index (κ2) is 4.02. The van der Waals surface area contributed by atoms with Crippen molar-refractivity contribution < 1.29 is 0 Å². The summed E-state index contributed by atoms with van der Waals surface area (Å²) < 4.78 is 1.06. The van der Waals surface area contributed by atoms with E-state index in [4.69, 9.17) is 0 Å². The summed E-state index contributed by atoms with van der Waals surface area (Å²) in [6, 6.07) is 0. The van der Waals surface area contributed by atoms with Crippen molar-refractivity contribution in [2.75, 3.05) is 12.4 Å². The Kier molecular flexibility index (Phi) is 3.25. The van der Waals surface area contributed by atoms with Crippen molar-refractivity contribution in [2.24, 2.45) is 0 Å². The predicted molar refractivity (Wildman–Crippen MR) is 58.4 cm³/mol. The van der Waals surface area contributed by atoms with Crippen molar-refractivity contribution in [3.8, 4) is 0 Å². The van der Waals surface area contributed by atoms with Gasteiger partial charge in [0.15, 0.2) is 0 Å². The molecule has 1 aromatic heterocycles. The largest absolute Gasteiger partial charge is 0.372 e. The van der Waals surface area contributed by atoms with Gasteiger partial charge in [-0.25, -0.2) is 9.97 Å². The van der Waals surface area contributed by atoms with Crippen LogP contribution in [0.25, 0.3) is 0 Å². The third-order valence-electron chi connectivity index (χ3n) is 1.52. The predicted octanol–water partition coefficient (Wildman–Crippen LogP) is 2.25. The highest BCUT2D eigenvalue weighted by Crippen LogP contribution is 2.16. The lowest BCUT2D eigenvalue weighted by Gasteiger charge is -2.06. The number of halogens is 1. The minimum absolute atomic E-state index is 0.383. The number of hydrogen-bond acceptors (Lipinski definition) is 3. The summed E-state index contributed by atoms with van der Waals surface area (Å²) in [6.07, 6.45) is 1.84. The summed E-state index contributed by atoms with van der Waals surface area (Å²) in [6.45, 7) is 4.17. The zero-order valence-electron chi connectivity index (χ0n) is 7.43. The van der Waals surface area contributed by atoms with Gasteiger partial charge in [0.2, 0.25) is 0 Å². The highest BCUT2D eigenvalue weighted by molar-refractivity contribution is 14.1. The van der Waals surface area contributed by atoms with Crippen LogP contribution >= 0.6 is 22.6 Å². The van der Waals surface area contributed by atoms with Crippen molar-refractivity contribution in [2.45, 2.75) is 19.8 Å². The SMILES string of the molecule is CNc1nc(C(C)C)ncc1I. The lowest BCUT2D eigenvalue weighted by molar-refractivity contribution is 0.774. The molecule has 12 heavy (non-hydrogen) atoms. The molecule has 66 valence electrons. The maximum atomic E-state index is 4.36. The summed E-state index contributed by atoms with van der Waals surface area (Å²) in [7, 11) is 1.87. The van der Waals surface area contributed by atoms with Gasteiger partial charge in [-0.1, -0.05) is 13.8 Å². The number of hydrogen-bond donors (Lipinski definition) is 1. The molecule has 0 saturated carbocycles. The number of nitrogens with one attached hydrogen (secondary N) is 1. The molecule has 0 spiro atoms. The summed E-state index contributed by atoms with van der Waals surface area (Å²) in [5, 5.41) is 3.03. The summed E-state index contributed by atoms with van der Waals surface area (Å²) in [5.74, 6) is 2.18. The lowest BCUT2D eigenvalue weighted by atomic mass is 10.2. The van der Waals surface area contributed by atoms with Crippen LogP contribution in [0.2, 0.25) is 0 Å². The molecule has 1 rings (SSSR count). The van der Waals surface area contributed by atoms with E-state index < -0.39 is 0 Å². The van der Waals surface area contributed by atoms with E-state index in [1.165, 1.54) is 0 Å². The van der Waals surface area contributed by atoms with E-state index in [1.54, 1.807) is 0 Å². The van der Waals surface area contributed by atoms with Crippen molar-refractivity contribution in [3.05, 3.63) is 15.6 Å². The third-order valence-corrected chi connectivity index (χ3v) is 2.31. The first-order valence-electron chi connectivity index (χ1n) is 3.85. The van der Waals surface area contributed by atoms with Crippen LogP contribution in [0.4, 0.5) is 5.82 Å². The van der Waals surface area contributed by atoms with Crippen molar-refractivity contribution in [1.82, 2.24) is 9.97 Å². The fraction of sp³-hybridized carbons (Fsp3) is 0.500. The van der Waals surface area contributed by atoms with Gasteiger partial charge in [-0.05, 0) is 22.6 Å². The zero-order chi connectivity index (χ0) is 9.14. The van der Waals surface area contributed by atoms with E-state index in [9.17, 15) is 0 Å². The van der Waals surface area contributed by atoms with Gasteiger partial charge in [0.05, 0.1) is 3.57 Å². The Bertz CT molecular complexity index is 273. The second-order valence-electron chi connectivity index (χ2n) is 2.83. The number of anilines is 1. The van der Waals surface area contributed by atoms with Crippen LogP contribution in [0.5, 0.6) is 0 Å². The molecule has 3 nitrogen and oxygen atoms in total. The minimum atomic E-state index is 0.383. The molecule has 0 fully saturated rings. The second-order valence-corrected chi connectivity index (χ2v) is 3.99. The normalized spacial score (nSPS) is 10.4. The van der Waals surface area contributed by atoms with Crippen molar-refractivity contribution in [1.29, 1.82) is 0 Å². The van der Waals surface area contributed by atoms with Crippen molar-refractivity contribution >= 4 is 28.4 Å². The fourth-order valence-electron chi connectivity index (χ4n) is 0.834. The van der Waals surface area contributed by atoms with Gasteiger partial charge < -0.3 is 5.32 Å². The minimum Gasteiger partial charge on any atom is -0.372 e. The van der Waals surface area contributed by atoms with Gasteiger partial charge in [-0.3, -0.25) is 0 Å². The van der Waals surface area contributed by atoms with Crippen LogP contribution in [-0.2, 0) is 0 Å². The van der Waals surface area contributed by atoms with E-state index >= 15 is 0 Å². The molecule has 1 heterocycles. The average Bonchev–Trinajstić information content (AvgIpc) is 2.05. The highest BCUT2D eigenvalue weighted by Gasteiger charge is 2.05. The van der Waals surface area contributed by atoms with Gasteiger partial charge in [0.1, 0.15) is 11.6 Å². The molecule has 0 aliphatic rings. The number of rotatable bonds is 2. The smallest absolute Gasteiger partial charge is 0.142 e. The molecular formula is C8H12IN3. The standard InChI is InChI=1S/C8H12IN3/c1-5(2)7-11-4-6(9)8(10-3)12-7/h4-5H,1-3H3,(H,10,11,12). The first kappa shape index (κ1) is 9.70. The van der Waals surface area contributed by atoms with E-state index in [1.807, 2.05) is 13.2 Å². The maximum Gasteiger partial charge on any atom is 0.142 e. The summed E-state index contributed by atoms with van der Waals surface area (Å²) >= 11 is 2.21. The van der Waals surface area contributed by atoms with Crippen LogP contribution in [0.15, 0.2) is 6.20 Å². The Morgan fingerprint density at radius 2 is 2.17 bits per heavy atom. The molecule has 1 N–H and O–H groups in total. The van der Waals surface area contributed by atoms with Crippen molar-refractivity contribution in [3.63, 3.8) is 0 Å². The summed E-state index contributed by atoms with van der Waals surface area (Å²) in [5.41, 5.74) is 0. The first-order valence-corrected chi connectivity index (χ1v) is 4.93. The zero-order valence-corrected chi connectivity index (χ0v) is 9.58. The topological polar surface area (TPSA) is 37.8 Å². The van der Waals surface area contributed by atoms with E-state index in [0.717, 1.165) is 15.2 Å². The molecule has 0 aromatic carbocycles.